The van der Waals surface area contributed by atoms with E-state index < -0.39 is 0 Å². The van der Waals surface area contributed by atoms with E-state index in [9.17, 15) is 0 Å². The van der Waals surface area contributed by atoms with Crippen molar-refractivity contribution in [2.75, 3.05) is 5.17 Å². The summed E-state index contributed by atoms with van der Waals surface area (Å²) in [5.41, 5.74) is 4.09. The number of nitrogens with zero attached hydrogens (tertiary/aromatic N) is 1. The molecular formula is C13H17N2O. The number of hydrazine groups is 1. The summed E-state index contributed by atoms with van der Waals surface area (Å²) in [6.07, 6.45) is 6.14. The number of anilines is 1. The smallest absolute Gasteiger partial charge is 0.152 e. The monoisotopic (exact) mass is 217 g/mol. The third kappa shape index (κ3) is 2.69. The lowest BCUT2D eigenvalue weighted by atomic mass is 10.2. The van der Waals surface area contributed by atoms with Gasteiger partial charge in [0.25, 0.3) is 0 Å². The predicted octanol–water partition coefficient (Wildman–Crippen LogP) is 3.18. The molecule has 0 saturated heterocycles. The topological polar surface area (TPSA) is 24.5 Å². The molecule has 2 rings (SSSR count). The summed E-state index contributed by atoms with van der Waals surface area (Å²) in [5.74, 6) is 0.984. The number of benzene rings is 1. The van der Waals surface area contributed by atoms with E-state index in [1.807, 2.05) is 36.5 Å². The zero-order valence-corrected chi connectivity index (χ0v) is 9.36. The van der Waals surface area contributed by atoms with Gasteiger partial charge in [-0.25, -0.2) is 0 Å². The first-order valence-electron chi connectivity index (χ1n) is 5.68. The summed E-state index contributed by atoms with van der Waals surface area (Å²) >= 11 is 0. The summed E-state index contributed by atoms with van der Waals surface area (Å²) in [7, 11) is 0. The molecule has 0 spiro atoms. The lowest BCUT2D eigenvalue weighted by molar-refractivity contribution is 0.182. The van der Waals surface area contributed by atoms with Crippen LogP contribution in [-0.4, -0.2) is 0 Å². The molecule has 1 aromatic carbocycles. The maximum atomic E-state index is 5.66. The van der Waals surface area contributed by atoms with Gasteiger partial charge in [-0.3, -0.25) is 5.43 Å². The standard InChI is InChI=1S/C13H17N2O/c1-2-3-5-10-13-11-14-15(16-13)12-8-6-4-7-9-12/h4,6-9,11,14H,1-3,5,10H2. The number of unbranched alkanes of at least 4 members (excludes halogenated alkanes) is 2. The zero-order valence-electron chi connectivity index (χ0n) is 9.36. The number of hydrogen-bond acceptors (Lipinski definition) is 3. The minimum Gasteiger partial charge on any atom is -0.362 e. The van der Waals surface area contributed by atoms with Gasteiger partial charge in [0.15, 0.2) is 5.76 Å². The third-order valence-electron chi connectivity index (χ3n) is 2.47. The molecule has 1 heterocycles. The fraction of sp³-hybridized carbons (Fsp3) is 0.308. The number of nitrogens with one attached hydrogen (secondary N) is 1. The molecule has 0 unspecified atom stereocenters. The van der Waals surface area contributed by atoms with E-state index in [4.69, 9.17) is 4.84 Å². The lowest BCUT2D eigenvalue weighted by Gasteiger charge is -2.17. The highest BCUT2D eigenvalue weighted by Gasteiger charge is 2.14. The number of allylic oxidation sites excluding steroid dienone is 1. The van der Waals surface area contributed by atoms with Gasteiger partial charge in [0.2, 0.25) is 0 Å². The van der Waals surface area contributed by atoms with E-state index in [1.54, 1.807) is 5.17 Å². The maximum absolute atomic E-state index is 5.66. The second kappa shape index (κ2) is 5.45. The number of rotatable bonds is 5. The van der Waals surface area contributed by atoms with E-state index >= 15 is 0 Å². The molecule has 1 N–H and O–H groups in total. The van der Waals surface area contributed by atoms with Crippen molar-refractivity contribution in [1.29, 1.82) is 0 Å². The van der Waals surface area contributed by atoms with E-state index in [0.29, 0.717) is 0 Å². The minimum absolute atomic E-state index is 0.964. The first-order chi connectivity index (χ1) is 7.90. The Morgan fingerprint density at radius 1 is 1.19 bits per heavy atom. The van der Waals surface area contributed by atoms with E-state index in [1.165, 1.54) is 0 Å². The number of hydrogen-bond donors (Lipinski definition) is 1. The van der Waals surface area contributed by atoms with E-state index in [-0.39, 0.29) is 0 Å². The average Bonchev–Trinajstić information content (AvgIpc) is 2.79. The van der Waals surface area contributed by atoms with Crippen molar-refractivity contribution < 1.29 is 4.84 Å². The van der Waals surface area contributed by atoms with Crippen LogP contribution in [0.25, 0.3) is 0 Å². The highest BCUT2D eigenvalue weighted by molar-refractivity contribution is 5.43. The van der Waals surface area contributed by atoms with Gasteiger partial charge in [-0.15, -0.1) is 5.17 Å². The van der Waals surface area contributed by atoms with Crippen LogP contribution in [0.1, 0.15) is 25.7 Å². The second-order valence-electron chi connectivity index (χ2n) is 3.77. The van der Waals surface area contributed by atoms with Crippen molar-refractivity contribution in [3.63, 3.8) is 0 Å². The Labute approximate surface area is 96.6 Å². The normalized spacial score (nSPS) is 14.3. The first-order valence-corrected chi connectivity index (χ1v) is 5.68. The van der Waals surface area contributed by atoms with Crippen LogP contribution < -0.4 is 10.6 Å². The Morgan fingerprint density at radius 3 is 2.75 bits per heavy atom. The lowest BCUT2D eigenvalue weighted by Crippen LogP contribution is -2.28. The van der Waals surface area contributed by atoms with E-state index in [0.717, 1.165) is 37.1 Å². The van der Waals surface area contributed by atoms with Crippen LogP contribution in [0.15, 0.2) is 42.3 Å². The molecule has 1 aliphatic rings. The highest BCUT2D eigenvalue weighted by Crippen LogP contribution is 2.20. The Balaban J connectivity index is 1.82. The van der Waals surface area contributed by atoms with Crippen LogP contribution >= 0.6 is 0 Å². The molecule has 3 heteroatoms. The summed E-state index contributed by atoms with van der Waals surface area (Å²) < 4.78 is 0. The van der Waals surface area contributed by atoms with Crippen molar-refractivity contribution in [2.24, 2.45) is 0 Å². The SMILES string of the molecule is [CH2]CCCCC1=CNN(c2ccccc2)O1. The highest BCUT2D eigenvalue weighted by atomic mass is 16.7. The molecule has 0 aliphatic carbocycles. The molecule has 1 aromatic rings. The number of para-hydroxylation sites is 1. The van der Waals surface area contributed by atoms with Gasteiger partial charge in [-0.1, -0.05) is 38.0 Å². The molecule has 16 heavy (non-hydrogen) atoms. The summed E-state index contributed by atoms with van der Waals surface area (Å²) in [6, 6.07) is 9.96. The van der Waals surface area contributed by atoms with Crippen molar-refractivity contribution in [2.45, 2.75) is 25.7 Å². The Kier molecular flexibility index (Phi) is 3.70. The van der Waals surface area contributed by atoms with Crippen LogP contribution in [0.4, 0.5) is 5.69 Å². The van der Waals surface area contributed by atoms with E-state index in [2.05, 4.69) is 12.3 Å². The van der Waals surface area contributed by atoms with Gasteiger partial charge < -0.3 is 4.84 Å². The molecule has 0 saturated carbocycles. The minimum atomic E-state index is 0.964. The first kappa shape index (κ1) is 10.9. The van der Waals surface area contributed by atoms with Crippen molar-refractivity contribution in [3.05, 3.63) is 49.2 Å². The molecule has 85 valence electrons. The van der Waals surface area contributed by atoms with Crippen LogP contribution in [0.3, 0.4) is 0 Å². The predicted molar refractivity (Wildman–Crippen MR) is 65.0 cm³/mol. The largest absolute Gasteiger partial charge is 0.362 e. The van der Waals surface area contributed by atoms with Gasteiger partial charge in [0.1, 0.15) is 0 Å². The van der Waals surface area contributed by atoms with Gasteiger partial charge in [-0.05, 0) is 18.6 Å². The Bertz CT molecular complexity index is 348. The molecule has 1 aliphatic heterocycles. The van der Waals surface area contributed by atoms with Crippen LogP contribution in [0.5, 0.6) is 0 Å². The van der Waals surface area contributed by atoms with Crippen molar-refractivity contribution >= 4 is 5.69 Å². The Morgan fingerprint density at radius 2 is 2.00 bits per heavy atom. The summed E-state index contributed by atoms with van der Waals surface area (Å²) in [4.78, 5) is 5.66. The van der Waals surface area contributed by atoms with Crippen LogP contribution in [-0.2, 0) is 4.84 Å². The summed E-state index contributed by atoms with van der Waals surface area (Å²) in [5, 5.41) is 1.68. The fourth-order valence-corrected chi connectivity index (χ4v) is 1.59. The zero-order chi connectivity index (χ0) is 11.2. The molecule has 3 nitrogen and oxygen atoms in total. The summed E-state index contributed by atoms with van der Waals surface area (Å²) in [6.45, 7) is 3.83. The van der Waals surface area contributed by atoms with Gasteiger partial charge in [-0.2, -0.15) is 0 Å². The average molecular weight is 217 g/mol. The van der Waals surface area contributed by atoms with Gasteiger partial charge in [0, 0.05) is 6.42 Å². The van der Waals surface area contributed by atoms with Crippen molar-refractivity contribution in [1.82, 2.24) is 5.43 Å². The molecule has 0 bridgehead atoms. The molecule has 0 aromatic heterocycles. The van der Waals surface area contributed by atoms with Gasteiger partial charge >= 0.3 is 0 Å². The maximum Gasteiger partial charge on any atom is 0.152 e. The Hall–Kier alpha value is -1.64. The fourth-order valence-electron chi connectivity index (χ4n) is 1.59. The van der Waals surface area contributed by atoms with Crippen LogP contribution in [0, 0.1) is 6.92 Å². The quantitative estimate of drug-likeness (QED) is 0.767. The molecular weight excluding hydrogens is 200 g/mol. The van der Waals surface area contributed by atoms with Gasteiger partial charge in [0.05, 0.1) is 11.9 Å². The second-order valence-corrected chi connectivity index (χ2v) is 3.77. The molecule has 0 atom stereocenters. The van der Waals surface area contributed by atoms with Crippen molar-refractivity contribution in [3.8, 4) is 0 Å². The molecule has 0 fully saturated rings. The molecule has 0 amide bonds. The molecule has 1 radical (unpaired) electrons. The van der Waals surface area contributed by atoms with Crippen LogP contribution in [0.2, 0.25) is 0 Å². The third-order valence-corrected chi connectivity index (χ3v) is 2.47.